The van der Waals surface area contributed by atoms with E-state index in [-0.39, 0.29) is 11.9 Å². The van der Waals surface area contributed by atoms with Crippen molar-refractivity contribution in [2.24, 2.45) is 0 Å². The Morgan fingerprint density at radius 1 is 1.35 bits per heavy atom. The molecule has 20 heavy (non-hydrogen) atoms. The van der Waals surface area contributed by atoms with Crippen LogP contribution in [0.15, 0.2) is 35.7 Å². The van der Waals surface area contributed by atoms with Crippen molar-refractivity contribution in [3.8, 4) is 0 Å². The largest absolute Gasteiger partial charge is 0.368 e. The van der Waals surface area contributed by atoms with Crippen LogP contribution in [0.1, 0.15) is 46.9 Å². The number of aromatic nitrogens is 1. The van der Waals surface area contributed by atoms with Crippen LogP contribution < -0.4 is 0 Å². The number of hydrogen-bond acceptors (Lipinski definition) is 4. The maximum Gasteiger partial charge on any atom is 0.168 e. The van der Waals surface area contributed by atoms with Crippen molar-refractivity contribution in [3.05, 3.63) is 52.0 Å². The molecule has 2 unspecified atom stereocenters. The van der Waals surface area contributed by atoms with Gasteiger partial charge in [-0.15, -0.1) is 11.3 Å². The predicted molar refractivity (Wildman–Crippen MR) is 79.1 cm³/mol. The summed E-state index contributed by atoms with van der Waals surface area (Å²) in [6.45, 7) is 2.09. The molecule has 3 rings (SSSR count). The molecule has 0 spiro atoms. The van der Waals surface area contributed by atoms with Crippen molar-refractivity contribution < 1.29 is 9.53 Å². The Balaban J connectivity index is 1.67. The van der Waals surface area contributed by atoms with Gasteiger partial charge in [0.2, 0.25) is 0 Å². The zero-order valence-corrected chi connectivity index (χ0v) is 12.2. The highest BCUT2D eigenvalue weighted by molar-refractivity contribution is 7.09. The average Bonchev–Trinajstić information content (AvgIpc) is 3.09. The lowest BCUT2D eigenvalue weighted by molar-refractivity contribution is 0.0553. The van der Waals surface area contributed by atoms with Crippen molar-refractivity contribution in [1.29, 1.82) is 0 Å². The van der Waals surface area contributed by atoms with Crippen LogP contribution in [0.25, 0.3) is 0 Å². The number of carbonyl (C=O) groups excluding carboxylic acids is 1. The van der Waals surface area contributed by atoms with E-state index in [1.54, 1.807) is 11.3 Å². The van der Waals surface area contributed by atoms with Gasteiger partial charge in [-0.2, -0.15) is 0 Å². The second kappa shape index (κ2) is 5.85. The summed E-state index contributed by atoms with van der Waals surface area (Å²) in [6.07, 6.45) is 2.92. The van der Waals surface area contributed by atoms with E-state index in [1.165, 1.54) is 0 Å². The summed E-state index contributed by atoms with van der Waals surface area (Å²) >= 11 is 1.60. The normalized spacial score (nSPS) is 22.1. The van der Waals surface area contributed by atoms with Crippen molar-refractivity contribution in [1.82, 2.24) is 4.98 Å². The van der Waals surface area contributed by atoms with Crippen LogP contribution in [0.3, 0.4) is 0 Å². The van der Waals surface area contributed by atoms with E-state index in [1.807, 2.05) is 35.7 Å². The molecule has 0 saturated carbocycles. The summed E-state index contributed by atoms with van der Waals surface area (Å²) in [4.78, 5) is 16.7. The van der Waals surface area contributed by atoms with E-state index in [0.29, 0.717) is 12.5 Å². The fourth-order valence-corrected chi connectivity index (χ4v) is 3.31. The number of ether oxygens (including phenoxy) is 1. The summed E-state index contributed by atoms with van der Waals surface area (Å²) in [5.74, 6) is 0.114. The van der Waals surface area contributed by atoms with Gasteiger partial charge >= 0.3 is 0 Å². The van der Waals surface area contributed by atoms with Gasteiger partial charge in [0.1, 0.15) is 11.1 Å². The number of Topliss-reactive ketones (excluding diaryl/α,β-unsaturated/α-hetero) is 1. The Bertz CT molecular complexity index is 594. The second-order valence-corrected chi connectivity index (χ2v) is 6.05. The standard InChI is InChI=1S/C16H17NO2S/c1-11-7-8-15(19-11)16-17-13(10-20-16)9-14(18)12-5-3-2-4-6-12/h2-6,10-11,15H,7-9H2,1H3. The number of hydrogen-bond donors (Lipinski definition) is 0. The van der Waals surface area contributed by atoms with Crippen molar-refractivity contribution in [3.63, 3.8) is 0 Å². The Morgan fingerprint density at radius 3 is 2.85 bits per heavy atom. The van der Waals surface area contributed by atoms with Gasteiger partial charge in [0.05, 0.1) is 18.2 Å². The van der Waals surface area contributed by atoms with Crippen LogP contribution in [0.2, 0.25) is 0 Å². The van der Waals surface area contributed by atoms with Gasteiger partial charge in [0.25, 0.3) is 0 Å². The number of carbonyl (C=O) groups is 1. The van der Waals surface area contributed by atoms with Gasteiger partial charge in [-0.1, -0.05) is 30.3 Å². The highest BCUT2D eigenvalue weighted by Crippen LogP contribution is 2.34. The summed E-state index contributed by atoms with van der Waals surface area (Å²) in [7, 11) is 0. The van der Waals surface area contributed by atoms with Crippen LogP contribution in [0.5, 0.6) is 0 Å². The van der Waals surface area contributed by atoms with Crippen molar-refractivity contribution >= 4 is 17.1 Å². The van der Waals surface area contributed by atoms with Crippen LogP contribution in [-0.4, -0.2) is 16.9 Å². The molecule has 0 bridgehead atoms. The Kier molecular flexibility index (Phi) is 3.94. The van der Waals surface area contributed by atoms with Crippen LogP contribution in [0.4, 0.5) is 0 Å². The van der Waals surface area contributed by atoms with Gasteiger partial charge in [-0.05, 0) is 19.8 Å². The number of nitrogens with zero attached hydrogens (tertiary/aromatic N) is 1. The highest BCUT2D eigenvalue weighted by Gasteiger charge is 2.26. The van der Waals surface area contributed by atoms with Crippen LogP contribution >= 0.6 is 11.3 Å². The molecule has 104 valence electrons. The molecular weight excluding hydrogens is 270 g/mol. The van der Waals surface area contributed by atoms with E-state index in [0.717, 1.165) is 29.1 Å². The van der Waals surface area contributed by atoms with E-state index in [4.69, 9.17) is 4.74 Å². The molecule has 1 fully saturated rings. The first-order chi connectivity index (χ1) is 9.72. The van der Waals surface area contributed by atoms with E-state index in [2.05, 4.69) is 11.9 Å². The summed E-state index contributed by atoms with van der Waals surface area (Å²) in [6, 6.07) is 9.37. The van der Waals surface area contributed by atoms with E-state index in [9.17, 15) is 4.79 Å². The number of rotatable bonds is 4. The highest BCUT2D eigenvalue weighted by atomic mass is 32.1. The molecule has 0 aliphatic carbocycles. The zero-order chi connectivity index (χ0) is 13.9. The van der Waals surface area contributed by atoms with Gasteiger partial charge < -0.3 is 4.74 Å². The minimum absolute atomic E-state index is 0.114. The Hall–Kier alpha value is -1.52. The molecule has 1 aliphatic rings. The molecule has 1 saturated heterocycles. The maximum absolute atomic E-state index is 12.1. The third kappa shape index (κ3) is 2.97. The molecule has 1 aromatic carbocycles. The number of benzene rings is 1. The fraction of sp³-hybridized carbons (Fsp3) is 0.375. The molecular formula is C16H17NO2S. The number of ketones is 1. The summed E-state index contributed by atoms with van der Waals surface area (Å²) < 4.78 is 5.81. The average molecular weight is 287 g/mol. The molecule has 3 nitrogen and oxygen atoms in total. The maximum atomic E-state index is 12.1. The molecule has 2 heterocycles. The molecule has 1 aromatic heterocycles. The van der Waals surface area contributed by atoms with Gasteiger partial charge in [-0.25, -0.2) is 4.98 Å². The predicted octanol–water partition coefficient (Wildman–Crippen LogP) is 3.81. The van der Waals surface area contributed by atoms with E-state index >= 15 is 0 Å². The first-order valence-corrected chi connectivity index (χ1v) is 7.78. The first-order valence-electron chi connectivity index (χ1n) is 6.90. The molecule has 4 heteroatoms. The third-order valence-electron chi connectivity index (χ3n) is 3.51. The summed E-state index contributed by atoms with van der Waals surface area (Å²) in [5, 5.41) is 2.98. The Labute approximate surface area is 122 Å². The third-order valence-corrected chi connectivity index (χ3v) is 4.50. The zero-order valence-electron chi connectivity index (χ0n) is 11.4. The van der Waals surface area contributed by atoms with Crippen molar-refractivity contribution in [2.75, 3.05) is 0 Å². The minimum Gasteiger partial charge on any atom is -0.368 e. The molecule has 0 N–H and O–H groups in total. The number of thiazole rings is 1. The quantitative estimate of drug-likeness (QED) is 0.803. The lowest BCUT2D eigenvalue weighted by atomic mass is 10.1. The fourth-order valence-electron chi connectivity index (χ4n) is 2.43. The smallest absolute Gasteiger partial charge is 0.168 e. The topological polar surface area (TPSA) is 39.2 Å². The lowest BCUT2D eigenvalue weighted by Crippen LogP contribution is -2.04. The minimum atomic E-state index is 0.114. The SMILES string of the molecule is CC1CCC(c2nc(CC(=O)c3ccccc3)cs2)O1. The van der Waals surface area contributed by atoms with Crippen LogP contribution in [0, 0.1) is 0 Å². The van der Waals surface area contributed by atoms with Gasteiger partial charge in [-0.3, -0.25) is 4.79 Å². The lowest BCUT2D eigenvalue weighted by Gasteiger charge is -2.06. The van der Waals surface area contributed by atoms with Crippen molar-refractivity contribution in [2.45, 2.75) is 38.4 Å². The molecule has 2 atom stereocenters. The molecule has 0 radical (unpaired) electrons. The Morgan fingerprint density at radius 2 is 2.15 bits per heavy atom. The summed E-state index contributed by atoms with van der Waals surface area (Å²) in [5.41, 5.74) is 1.59. The monoisotopic (exact) mass is 287 g/mol. The first kappa shape index (κ1) is 13.5. The molecule has 0 amide bonds. The van der Waals surface area contributed by atoms with Gasteiger partial charge in [0, 0.05) is 10.9 Å². The van der Waals surface area contributed by atoms with Crippen LogP contribution in [-0.2, 0) is 11.2 Å². The second-order valence-electron chi connectivity index (χ2n) is 5.16. The van der Waals surface area contributed by atoms with E-state index < -0.39 is 0 Å². The molecule has 1 aliphatic heterocycles. The molecule has 2 aromatic rings. The van der Waals surface area contributed by atoms with Gasteiger partial charge in [0.15, 0.2) is 5.78 Å².